The molecular formula is C16H18N4O4S. The minimum absolute atomic E-state index is 0.0860. The number of thiazole rings is 1. The maximum Gasteiger partial charge on any atom is 0.326 e. The van der Waals surface area contributed by atoms with E-state index in [9.17, 15) is 19.5 Å². The van der Waals surface area contributed by atoms with Crippen molar-refractivity contribution in [3.63, 3.8) is 0 Å². The second kappa shape index (κ2) is 8.34. The first kappa shape index (κ1) is 18.5. The van der Waals surface area contributed by atoms with Gasteiger partial charge in [0.1, 0.15) is 15.9 Å². The van der Waals surface area contributed by atoms with E-state index in [1.165, 1.54) is 24.9 Å². The number of carboxylic acids is 1. The fourth-order valence-electron chi connectivity index (χ4n) is 2.08. The highest BCUT2D eigenvalue weighted by molar-refractivity contribution is 7.16. The normalized spacial score (nSPS) is 11.6. The van der Waals surface area contributed by atoms with Crippen LogP contribution in [-0.4, -0.2) is 56.9 Å². The minimum atomic E-state index is -1.12. The molecule has 2 heterocycles. The number of aliphatic carboxylic acids is 1. The number of pyridine rings is 1. The molecule has 9 heteroatoms. The van der Waals surface area contributed by atoms with Gasteiger partial charge in [-0.3, -0.25) is 14.6 Å². The number of nitrogens with zero attached hydrogens (tertiary/aromatic N) is 3. The van der Waals surface area contributed by atoms with Crippen molar-refractivity contribution in [2.24, 2.45) is 0 Å². The molecule has 0 aliphatic carbocycles. The zero-order valence-electron chi connectivity index (χ0n) is 13.8. The molecule has 25 heavy (non-hydrogen) atoms. The first-order valence-corrected chi connectivity index (χ1v) is 8.37. The van der Waals surface area contributed by atoms with Crippen molar-refractivity contribution in [2.45, 2.75) is 19.9 Å². The molecule has 0 radical (unpaired) electrons. The monoisotopic (exact) mass is 362 g/mol. The van der Waals surface area contributed by atoms with Gasteiger partial charge in [-0.1, -0.05) is 6.07 Å². The number of carbonyl (C=O) groups is 3. The maximum absolute atomic E-state index is 12.7. The summed E-state index contributed by atoms with van der Waals surface area (Å²) < 4.78 is 0. The van der Waals surface area contributed by atoms with E-state index >= 15 is 0 Å². The largest absolute Gasteiger partial charge is 0.480 e. The molecule has 132 valence electrons. The molecule has 2 amide bonds. The topological polar surface area (TPSA) is 112 Å². The maximum atomic E-state index is 12.7. The van der Waals surface area contributed by atoms with Crippen molar-refractivity contribution in [3.05, 3.63) is 35.5 Å². The fraction of sp³-hybridized carbons (Fsp3) is 0.312. The molecule has 0 fully saturated rings. The lowest BCUT2D eigenvalue weighted by Gasteiger charge is -2.25. The molecule has 0 aliphatic heterocycles. The lowest BCUT2D eigenvalue weighted by molar-refractivity contribution is -0.141. The molecule has 0 saturated heterocycles. The molecular weight excluding hydrogens is 344 g/mol. The standard InChI is InChI=1S/C16H18N4O4S/c1-10(16(23)24)20(8-7-17-11(2)21)15(22)13-9-19-14(25-13)12-5-3-4-6-18-12/h3-6,9-10H,7-8H2,1-2H3,(H,17,21)(H,23,24). The van der Waals surface area contributed by atoms with E-state index in [-0.39, 0.29) is 19.0 Å². The van der Waals surface area contributed by atoms with Crippen LogP contribution in [0.3, 0.4) is 0 Å². The van der Waals surface area contributed by atoms with Crippen LogP contribution in [-0.2, 0) is 9.59 Å². The van der Waals surface area contributed by atoms with Gasteiger partial charge in [0.25, 0.3) is 5.91 Å². The Bertz CT molecular complexity index is 763. The van der Waals surface area contributed by atoms with Gasteiger partial charge in [-0.05, 0) is 19.1 Å². The summed E-state index contributed by atoms with van der Waals surface area (Å²) in [6, 6.07) is 4.35. The van der Waals surface area contributed by atoms with Crippen molar-refractivity contribution in [3.8, 4) is 10.7 Å². The van der Waals surface area contributed by atoms with Crippen molar-refractivity contribution < 1.29 is 19.5 Å². The number of aromatic nitrogens is 2. The predicted molar refractivity (Wildman–Crippen MR) is 92.2 cm³/mol. The van der Waals surface area contributed by atoms with Gasteiger partial charge in [-0.2, -0.15) is 0 Å². The molecule has 2 aromatic heterocycles. The number of amides is 2. The van der Waals surface area contributed by atoms with E-state index in [4.69, 9.17) is 0 Å². The molecule has 0 aromatic carbocycles. The molecule has 1 atom stereocenters. The smallest absolute Gasteiger partial charge is 0.326 e. The summed E-state index contributed by atoms with van der Waals surface area (Å²) in [5.41, 5.74) is 0.641. The Morgan fingerprint density at radius 3 is 2.68 bits per heavy atom. The van der Waals surface area contributed by atoms with Crippen LogP contribution >= 0.6 is 11.3 Å². The summed E-state index contributed by atoms with van der Waals surface area (Å²) in [7, 11) is 0. The van der Waals surface area contributed by atoms with Gasteiger partial charge in [0.15, 0.2) is 0 Å². The van der Waals surface area contributed by atoms with Gasteiger partial charge in [0.2, 0.25) is 5.91 Å². The van der Waals surface area contributed by atoms with E-state index < -0.39 is 17.9 Å². The summed E-state index contributed by atoms with van der Waals surface area (Å²) in [6.07, 6.45) is 3.04. The zero-order valence-corrected chi connectivity index (χ0v) is 14.6. The Hall–Kier alpha value is -2.81. The van der Waals surface area contributed by atoms with Crippen molar-refractivity contribution in [1.29, 1.82) is 0 Å². The first-order valence-electron chi connectivity index (χ1n) is 7.55. The highest BCUT2D eigenvalue weighted by Crippen LogP contribution is 2.24. The number of nitrogens with one attached hydrogen (secondary N) is 1. The van der Waals surface area contributed by atoms with Crippen LogP contribution in [0.5, 0.6) is 0 Å². The second-order valence-electron chi connectivity index (χ2n) is 5.24. The molecule has 2 rings (SSSR count). The van der Waals surface area contributed by atoms with Crippen LogP contribution < -0.4 is 5.32 Å². The minimum Gasteiger partial charge on any atom is -0.480 e. The van der Waals surface area contributed by atoms with Crippen LogP contribution in [0.2, 0.25) is 0 Å². The third-order valence-corrected chi connectivity index (χ3v) is 4.42. The van der Waals surface area contributed by atoms with Crippen LogP contribution in [0.25, 0.3) is 10.7 Å². The summed E-state index contributed by atoms with van der Waals surface area (Å²) >= 11 is 1.15. The quantitative estimate of drug-likeness (QED) is 0.767. The third-order valence-electron chi connectivity index (χ3n) is 3.41. The van der Waals surface area contributed by atoms with Gasteiger partial charge >= 0.3 is 5.97 Å². The number of rotatable bonds is 7. The average Bonchev–Trinajstić information content (AvgIpc) is 3.08. The third kappa shape index (κ3) is 4.83. The Balaban J connectivity index is 2.19. The van der Waals surface area contributed by atoms with Gasteiger partial charge in [0.05, 0.1) is 11.9 Å². The molecule has 8 nitrogen and oxygen atoms in total. The highest BCUT2D eigenvalue weighted by atomic mass is 32.1. The number of carboxylic acid groups (broad SMARTS) is 1. The lowest BCUT2D eigenvalue weighted by Crippen LogP contribution is -2.46. The van der Waals surface area contributed by atoms with Gasteiger partial charge in [0, 0.05) is 26.2 Å². The summed E-state index contributed by atoms with van der Waals surface area (Å²) in [5, 5.41) is 12.4. The van der Waals surface area contributed by atoms with Gasteiger partial charge in [-0.25, -0.2) is 9.78 Å². The number of hydrogen-bond acceptors (Lipinski definition) is 6. The van der Waals surface area contributed by atoms with E-state index in [0.717, 1.165) is 11.3 Å². The molecule has 0 spiro atoms. The van der Waals surface area contributed by atoms with Gasteiger partial charge < -0.3 is 15.3 Å². The van der Waals surface area contributed by atoms with Crippen LogP contribution in [0.4, 0.5) is 0 Å². The van der Waals surface area contributed by atoms with E-state index in [2.05, 4.69) is 15.3 Å². The molecule has 0 saturated carbocycles. The molecule has 0 aliphatic rings. The van der Waals surface area contributed by atoms with Crippen LogP contribution in [0, 0.1) is 0 Å². The first-order chi connectivity index (χ1) is 11.9. The van der Waals surface area contributed by atoms with Gasteiger partial charge in [-0.15, -0.1) is 11.3 Å². The van der Waals surface area contributed by atoms with E-state index in [1.54, 1.807) is 18.3 Å². The zero-order chi connectivity index (χ0) is 18.4. The number of hydrogen-bond donors (Lipinski definition) is 2. The van der Waals surface area contributed by atoms with Crippen molar-refractivity contribution in [1.82, 2.24) is 20.2 Å². The van der Waals surface area contributed by atoms with E-state index in [0.29, 0.717) is 15.6 Å². The predicted octanol–water partition coefficient (Wildman–Crippen LogP) is 1.26. The highest BCUT2D eigenvalue weighted by Gasteiger charge is 2.27. The Labute approximate surface area is 148 Å². The molecule has 1 unspecified atom stereocenters. The van der Waals surface area contributed by atoms with Crippen LogP contribution in [0.1, 0.15) is 23.5 Å². The Morgan fingerprint density at radius 2 is 2.08 bits per heavy atom. The van der Waals surface area contributed by atoms with E-state index in [1.807, 2.05) is 6.07 Å². The Morgan fingerprint density at radius 1 is 1.32 bits per heavy atom. The SMILES string of the molecule is CC(=O)NCCN(C(=O)c1cnc(-c2ccccn2)s1)C(C)C(=O)O. The fourth-order valence-corrected chi connectivity index (χ4v) is 2.93. The van der Waals surface area contributed by atoms with Crippen LogP contribution in [0.15, 0.2) is 30.6 Å². The summed E-state index contributed by atoms with van der Waals surface area (Å²) in [4.78, 5) is 44.9. The van der Waals surface area contributed by atoms with Crippen molar-refractivity contribution in [2.75, 3.05) is 13.1 Å². The molecule has 2 N–H and O–H groups in total. The average molecular weight is 362 g/mol. The Kier molecular flexibility index (Phi) is 6.18. The number of carbonyl (C=O) groups excluding carboxylic acids is 2. The lowest BCUT2D eigenvalue weighted by atomic mass is 10.2. The second-order valence-corrected chi connectivity index (χ2v) is 6.27. The molecule has 0 bridgehead atoms. The summed E-state index contributed by atoms with van der Waals surface area (Å²) in [6.45, 7) is 3.04. The molecule has 2 aromatic rings. The van der Waals surface area contributed by atoms with Crippen molar-refractivity contribution >= 4 is 29.1 Å². The summed E-state index contributed by atoms with van der Waals surface area (Å²) in [5.74, 6) is -1.81.